The molecule has 0 spiro atoms. The van der Waals surface area contributed by atoms with Crippen molar-refractivity contribution >= 4 is 50.7 Å². The minimum atomic E-state index is -3.69. The van der Waals surface area contributed by atoms with Crippen LogP contribution in [0.25, 0.3) is 0 Å². The van der Waals surface area contributed by atoms with Crippen molar-refractivity contribution < 1.29 is 27.5 Å². The van der Waals surface area contributed by atoms with Crippen LogP contribution in [-0.4, -0.2) is 63.7 Å². The summed E-state index contributed by atoms with van der Waals surface area (Å²) in [5, 5.41) is 3.75. The molecule has 0 aliphatic carbocycles. The minimum absolute atomic E-state index is 0.00793. The largest absolute Gasteiger partial charge is 0.486 e. The lowest BCUT2D eigenvalue weighted by Gasteiger charge is -2.32. The Morgan fingerprint density at radius 1 is 0.933 bits per heavy atom. The van der Waals surface area contributed by atoms with Gasteiger partial charge in [0.15, 0.2) is 11.5 Å². The fourth-order valence-electron chi connectivity index (χ4n) is 5.10. The van der Waals surface area contributed by atoms with E-state index in [9.17, 15) is 18.0 Å². The maximum Gasteiger partial charge on any atom is 0.243 e. The predicted molar refractivity (Wildman–Crippen MR) is 178 cm³/mol. The summed E-state index contributed by atoms with van der Waals surface area (Å²) in [6, 6.07) is 18.7. The second-order valence-corrected chi connectivity index (χ2v) is 13.6. The molecule has 242 valence electrons. The van der Waals surface area contributed by atoms with Crippen molar-refractivity contribution in [1.29, 1.82) is 0 Å². The van der Waals surface area contributed by atoms with Gasteiger partial charge in [0, 0.05) is 54.2 Å². The first kappa shape index (κ1) is 34.4. The molecule has 1 N–H and O–H groups in total. The number of amides is 2. The number of anilines is 1. The zero-order chi connectivity index (χ0) is 32.4. The Balaban J connectivity index is 1.60. The number of nitrogens with zero attached hydrogens (tertiary/aromatic N) is 2. The molecule has 1 heterocycles. The average Bonchev–Trinajstić information content (AvgIpc) is 3.02. The SMILES string of the molecule is CCCCNC(=O)[C@@H](Cc1ccccc1)N(Cc1c(Cl)cccc1Cl)C(=O)CCCN(c1ccc2c(c1)OCCO2)S(C)(=O)=O. The number of hydrogen-bond donors (Lipinski definition) is 1. The maximum absolute atomic E-state index is 14.1. The van der Waals surface area contributed by atoms with E-state index in [4.69, 9.17) is 32.7 Å². The molecule has 45 heavy (non-hydrogen) atoms. The average molecular weight is 677 g/mol. The van der Waals surface area contributed by atoms with Gasteiger partial charge in [0.25, 0.3) is 0 Å². The topological polar surface area (TPSA) is 105 Å². The molecule has 3 aromatic carbocycles. The number of ether oxygens (including phenoxy) is 2. The summed E-state index contributed by atoms with van der Waals surface area (Å²) in [5.41, 5.74) is 1.83. The van der Waals surface area contributed by atoms with Crippen LogP contribution in [0.5, 0.6) is 11.5 Å². The molecular formula is C33H39Cl2N3O6S. The standard InChI is InChI=1S/C33H39Cl2N3O6S/c1-3-4-17-36-33(40)29(21-24-10-6-5-7-11-24)37(23-26-27(34)12-8-13-28(26)35)32(39)14-9-18-38(45(2,41)42)25-15-16-30-31(22-25)44-20-19-43-30/h5-8,10-13,15-16,22,29H,3-4,9,14,17-21,23H2,1-2H3,(H,36,40)/t29-/m1/s1. The fraction of sp³-hybridized carbons (Fsp3) is 0.394. The van der Waals surface area contributed by atoms with Crippen molar-refractivity contribution in [3.8, 4) is 11.5 Å². The molecule has 9 nitrogen and oxygen atoms in total. The van der Waals surface area contributed by atoms with Gasteiger partial charge in [0.05, 0.1) is 11.9 Å². The second kappa shape index (κ2) is 16.2. The lowest BCUT2D eigenvalue weighted by Crippen LogP contribution is -2.50. The van der Waals surface area contributed by atoms with E-state index in [1.165, 1.54) is 9.21 Å². The Kier molecular flexibility index (Phi) is 12.4. The summed E-state index contributed by atoms with van der Waals surface area (Å²) in [5.74, 6) is 0.402. The molecule has 0 aromatic heterocycles. The molecule has 0 radical (unpaired) electrons. The first-order valence-electron chi connectivity index (χ1n) is 15.0. The van der Waals surface area contributed by atoms with Crippen LogP contribution in [0.1, 0.15) is 43.7 Å². The predicted octanol–water partition coefficient (Wildman–Crippen LogP) is 5.87. The summed E-state index contributed by atoms with van der Waals surface area (Å²) in [7, 11) is -3.69. The highest BCUT2D eigenvalue weighted by molar-refractivity contribution is 7.92. The van der Waals surface area contributed by atoms with Gasteiger partial charge in [-0.2, -0.15) is 0 Å². The van der Waals surface area contributed by atoms with Gasteiger partial charge in [-0.15, -0.1) is 0 Å². The van der Waals surface area contributed by atoms with Gasteiger partial charge in [0.2, 0.25) is 21.8 Å². The van der Waals surface area contributed by atoms with Crippen molar-refractivity contribution in [2.24, 2.45) is 0 Å². The van der Waals surface area contributed by atoms with Crippen molar-refractivity contribution in [1.82, 2.24) is 10.2 Å². The Labute approximate surface area is 275 Å². The normalized spacial score (nSPS) is 13.2. The van der Waals surface area contributed by atoms with Crippen molar-refractivity contribution in [2.75, 3.05) is 36.9 Å². The van der Waals surface area contributed by atoms with Crippen LogP contribution in [0, 0.1) is 0 Å². The smallest absolute Gasteiger partial charge is 0.243 e. The highest BCUT2D eigenvalue weighted by atomic mass is 35.5. The van der Waals surface area contributed by atoms with Gasteiger partial charge in [-0.3, -0.25) is 13.9 Å². The Bertz CT molecular complexity index is 1550. The highest BCUT2D eigenvalue weighted by Gasteiger charge is 2.31. The quantitative estimate of drug-likeness (QED) is 0.202. The molecule has 0 saturated heterocycles. The van der Waals surface area contributed by atoms with Gasteiger partial charge in [0.1, 0.15) is 19.3 Å². The van der Waals surface area contributed by atoms with Gasteiger partial charge in [-0.05, 0) is 42.7 Å². The van der Waals surface area contributed by atoms with Crippen LogP contribution < -0.4 is 19.1 Å². The molecule has 2 amide bonds. The zero-order valence-corrected chi connectivity index (χ0v) is 27.8. The number of fused-ring (bicyclic) bond motifs is 1. The summed E-state index contributed by atoms with van der Waals surface area (Å²) in [6.07, 6.45) is 3.28. The van der Waals surface area contributed by atoms with Crippen LogP contribution >= 0.6 is 23.2 Å². The molecule has 0 unspecified atom stereocenters. The van der Waals surface area contributed by atoms with Gasteiger partial charge < -0.3 is 19.7 Å². The number of nitrogens with one attached hydrogen (secondary N) is 1. The first-order chi connectivity index (χ1) is 21.6. The second-order valence-electron chi connectivity index (χ2n) is 10.8. The van der Waals surface area contributed by atoms with E-state index in [0.29, 0.717) is 52.6 Å². The molecule has 4 rings (SSSR count). The molecular weight excluding hydrogens is 637 g/mol. The number of carbonyl (C=O) groups excluding carboxylic acids is 2. The van der Waals surface area contributed by atoms with E-state index in [0.717, 1.165) is 24.7 Å². The molecule has 1 atom stereocenters. The third-order valence-electron chi connectivity index (χ3n) is 7.46. The van der Waals surface area contributed by atoms with Crippen LogP contribution in [-0.2, 0) is 32.6 Å². The number of benzene rings is 3. The van der Waals surface area contributed by atoms with E-state index in [-0.39, 0.29) is 44.2 Å². The monoisotopic (exact) mass is 675 g/mol. The van der Waals surface area contributed by atoms with Gasteiger partial charge in [-0.25, -0.2) is 8.42 Å². The summed E-state index contributed by atoms with van der Waals surface area (Å²) in [6.45, 7) is 3.35. The Morgan fingerprint density at radius 3 is 2.29 bits per heavy atom. The summed E-state index contributed by atoms with van der Waals surface area (Å²) in [4.78, 5) is 29.2. The third-order valence-corrected chi connectivity index (χ3v) is 9.36. The number of halogens is 2. The molecule has 0 fully saturated rings. The van der Waals surface area contributed by atoms with Crippen molar-refractivity contribution in [3.05, 3.63) is 87.9 Å². The summed E-state index contributed by atoms with van der Waals surface area (Å²) >= 11 is 13.0. The maximum atomic E-state index is 14.1. The van der Waals surface area contributed by atoms with Gasteiger partial charge >= 0.3 is 0 Å². The fourth-order valence-corrected chi connectivity index (χ4v) is 6.58. The summed E-state index contributed by atoms with van der Waals surface area (Å²) < 4.78 is 38.1. The number of rotatable bonds is 15. The van der Waals surface area contributed by atoms with E-state index in [1.807, 2.05) is 37.3 Å². The van der Waals surface area contributed by atoms with Crippen LogP contribution in [0.4, 0.5) is 5.69 Å². The van der Waals surface area contributed by atoms with Crippen LogP contribution in [0.15, 0.2) is 66.7 Å². The minimum Gasteiger partial charge on any atom is -0.486 e. The van der Waals surface area contributed by atoms with Crippen molar-refractivity contribution in [3.63, 3.8) is 0 Å². The number of carbonyl (C=O) groups is 2. The highest BCUT2D eigenvalue weighted by Crippen LogP contribution is 2.35. The molecule has 1 aliphatic rings. The van der Waals surface area contributed by atoms with E-state index in [1.54, 1.807) is 36.4 Å². The van der Waals surface area contributed by atoms with Crippen LogP contribution in [0.3, 0.4) is 0 Å². The van der Waals surface area contributed by atoms with Crippen LogP contribution in [0.2, 0.25) is 10.0 Å². The Morgan fingerprint density at radius 2 is 1.62 bits per heavy atom. The third kappa shape index (κ3) is 9.51. The van der Waals surface area contributed by atoms with Crippen molar-refractivity contribution in [2.45, 2.75) is 51.6 Å². The number of hydrogen-bond acceptors (Lipinski definition) is 6. The van der Waals surface area contributed by atoms with Gasteiger partial charge in [-0.1, -0.05) is 72.9 Å². The Hall–Kier alpha value is -3.47. The molecule has 3 aromatic rings. The lowest BCUT2D eigenvalue weighted by atomic mass is 10.0. The molecule has 1 aliphatic heterocycles. The molecule has 0 saturated carbocycles. The number of unbranched alkanes of at least 4 members (excludes halogenated alkanes) is 1. The van der Waals surface area contributed by atoms with E-state index < -0.39 is 16.1 Å². The van der Waals surface area contributed by atoms with E-state index >= 15 is 0 Å². The first-order valence-corrected chi connectivity index (χ1v) is 17.6. The molecule has 12 heteroatoms. The lowest BCUT2D eigenvalue weighted by molar-refractivity contribution is -0.141. The van der Waals surface area contributed by atoms with E-state index in [2.05, 4.69) is 5.32 Å². The zero-order valence-electron chi connectivity index (χ0n) is 25.5. The number of sulfonamides is 1. The molecule has 0 bridgehead atoms.